The van der Waals surface area contributed by atoms with E-state index in [1.807, 2.05) is 60.7 Å². The molecule has 1 heterocycles. The Bertz CT molecular complexity index is 1040. The third-order valence-corrected chi connectivity index (χ3v) is 4.40. The van der Waals surface area contributed by atoms with Gasteiger partial charge >= 0.3 is 0 Å². The zero-order chi connectivity index (χ0) is 20.1. The molecular formula is C23H20N4O2. The maximum Gasteiger partial charge on any atom is 0.247 e. The van der Waals surface area contributed by atoms with Gasteiger partial charge in [-0.25, -0.2) is 4.98 Å². The van der Waals surface area contributed by atoms with Crippen molar-refractivity contribution in [3.8, 4) is 34.0 Å². The van der Waals surface area contributed by atoms with Gasteiger partial charge in [-0.2, -0.15) is 0 Å². The highest BCUT2D eigenvalue weighted by molar-refractivity contribution is 5.79. The van der Waals surface area contributed by atoms with Crippen LogP contribution in [0.2, 0.25) is 0 Å². The molecule has 0 saturated carbocycles. The SMILES string of the molecule is COc1cc(N=Nc2nc(-c3ccccc3)c(-c3ccccc3)[nH]2)cc(OC)c1. The van der Waals surface area contributed by atoms with E-state index in [2.05, 4.69) is 20.2 Å². The quantitative estimate of drug-likeness (QED) is 0.404. The van der Waals surface area contributed by atoms with Crippen molar-refractivity contribution in [1.82, 2.24) is 9.97 Å². The first kappa shape index (κ1) is 18.4. The van der Waals surface area contributed by atoms with Gasteiger partial charge < -0.3 is 14.5 Å². The first-order valence-corrected chi connectivity index (χ1v) is 9.12. The maximum absolute atomic E-state index is 5.28. The van der Waals surface area contributed by atoms with E-state index in [-0.39, 0.29) is 0 Å². The Kier molecular flexibility index (Phi) is 5.33. The van der Waals surface area contributed by atoms with Crippen molar-refractivity contribution in [3.05, 3.63) is 78.9 Å². The van der Waals surface area contributed by atoms with Crippen molar-refractivity contribution in [2.75, 3.05) is 14.2 Å². The molecule has 0 fully saturated rings. The van der Waals surface area contributed by atoms with Crippen molar-refractivity contribution in [2.45, 2.75) is 0 Å². The Morgan fingerprint density at radius 3 is 1.90 bits per heavy atom. The number of nitrogens with zero attached hydrogens (tertiary/aromatic N) is 3. The Hall–Kier alpha value is -3.93. The monoisotopic (exact) mass is 384 g/mol. The van der Waals surface area contributed by atoms with Gasteiger partial charge in [0.2, 0.25) is 5.95 Å². The Morgan fingerprint density at radius 2 is 1.31 bits per heavy atom. The molecule has 0 aliphatic carbocycles. The molecule has 1 aromatic heterocycles. The van der Waals surface area contributed by atoms with Gasteiger partial charge in [0.1, 0.15) is 11.5 Å². The minimum atomic E-state index is 0.421. The minimum Gasteiger partial charge on any atom is -0.497 e. The second-order valence-electron chi connectivity index (χ2n) is 6.29. The first-order valence-electron chi connectivity index (χ1n) is 9.12. The summed E-state index contributed by atoms with van der Waals surface area (Å²) in [6, 6.07) is 25.4. The zero-order valence-electron chi connectivity index (χ0n) is 16.2. The molecule has 29 heavy (non-hydrogen) atoms. The average molecular weight is 384 g/mol. The fraction of sp³-hybridized carbons (Fsp3) is 0.0870. The minimum absolute atomic E-state index is 0.421. The van der Waals surface area contributed by atoms with Crippen LogP contribution in [-0.2, 0) is 0 Å². The lowest BCUT2D eigenvalue weighted by molar-refractivity contribution is 0.394. The number of hydrogen-bond acceptors (Lipinski definition) is 5. The van der Waals surface area contributed by atoms with Crippen molar-refractivity contribution < 1.29 is 9.47 Å². The van der Waals surface area contributed by atoms with Crippen LogP contribution in [0.15, 0.2) is 89.1 Å². The molecule has 0 atom stereocenters. The molecule has 0 radical (unpaired) electrons. The summed E-state index contributed by atoms with van der Waals surface area (Å²) in [5, 5.41) is 8.61. The van der Waals surface area contributed by atoms with Crippen LogP contribution in [0.4, 0.5) is 11.6 Å². The number of benzene rings is 3. The third-order valence-electron chi connectivity index (χ3n) is 4.40. The van der Waals surface area contributed by atoms with Gasteiger partial charge in [0.15, 0.2) is 0 Å². The van der Waals surface area contributed by atoms with Gasteiger partial charge in [-0.1, -0.05) is 60.7 Å². The van der Waals surface area contributed by atoms with Crippen molar-refractivity contribution in [2.24, 2.45) is 10.2 Å². The standard InChI is InChI=1S/C23H20N4O2/c1-28-19-13-18(14-20(15-19)29-2)26-27-23-24-21(16-9-5-3-6-10-16)22(25-23)17-11-7-4-8-12-17/h3-15H,1-2H3,(H,24,25). The summed E-state index contributed by atoms with van der Waals surface area (Å²) < 4.78 is 10.6. The van der Waals surface area contributed by atoms with Gasteiger partial charge in [0.25, 0.3) is 0 Å². The van der Waals surface area contributed by atoms with E-state index < -0.39 is 0 Å². The molecule has 3 aromatic carbocycles. The fourth-order valence-corrected chi connectivity index (χ4v) is 2.98. The van der Waals surface area contributed by atoms with E-state index >= 15 is 0 Å². The molecule has 1 N–H and O–H groups in total. The van der Waals surface area contributed by atoms with E-state index in [4.69, 9.17) is 9.47 Å². The lowest BCUT2D eigenvalue weighted by Gasteiger charge is -2.04. The van der Waals surface area contributed by atoms with E-state index in [1.54, 1.807) is 32.4 Å². The second-order valence-corrected chi connectivity index (χ2v) is 6.29. The summed E-state index contributed by atoms with van der Waals surface area (Å²) >= 11 is 0. The molecule has 4 aromatic rings. The Labute approximate surface area is 168 Å². The van der Waals surface area contributed by atoms with Crippen LogP contribution in [-0.4, -0.2) is 24.2 Å². The number of aromatic amines is 1. The molecule has 0 unspecified atom stereocenters. The summed E-state index contributed by atoms with van der Waals surface area (Å²) in [6.45, 7) is 0. The first-order chi connectivity index (χ1) is 14.3. The highest BCUT2D eigenvalue weighted by atomic mass is 16.5. The average Bonchev–Trinajstić information content (AvgIpc) is 3.23. The number of ether oxygens (including phenoxy) is 2. The predicted molar refractivity (Wildman–Crippen MR) is 113 cm³/mol. The molecule has 0 aliphatic heterocycles. The van der Waals surface area contributed by atoms with E-state index in [9.17, 15) is 0 Å². The molecule has 144 valence electrons. The normalized spacial score (nSPS) is 11.0. The molecule has 0 bridgehead atoms. The number of azo groups is 1. The highest BCUT2D eigenvalue weighted by Crippen LogP contribution is 2.33. The molecule has 6 nitrogen and oxygen atoms in total. The van der Waals surface area contributed by atoms with Crippen LogP contribution >= 0.6 is 0 Å². The van der Waals surface area contributed by atoms with Crippen LogP contribution in [0.25, 0.3) is 22.5 Å². The maximum atomic E-state index is 5.28. The van der Waals surface area contributed by atoms with Gasteiger partial charge in [-0.05, 0) is 0 Å². The van der Waals surface area contributed by atoms with Gasteiger partial charge in [-0.15, -0.1) is 10.2 Å². The predicted octanol–water partition coefficient (Wildman–Crippen LogP) is 6.18. The lowest BCUT2D eigenvalue weighted by Crippen LogP contribution is -1.86. The van der Waals surface area contributed by atoms with Crippen LogP contribution in [0.3, 0.4) is 0 Å². The summed E-state index contributed by atoms with van der Waals surface area (Å²) in [4.78, 5) is 7.97. The topological polar surface area (TPSA) is 71.9 Å². The van der Waals surface area contributed by atoms with Crippen LogP contribution in [0.1, 0.15) is 0 Å². The van der Waals surface area contributed by atoms with E-state index in [0.717, 1.165) is 22.5 Å². The third kappa shape index (κ3) is 4.16. The molecule has 0 spiro atoms. The number of imidazole rings is 1. The lowest BCUT2D eigenvalue weighted by atomic mass is 10.1. The fourth-order valence-electron chi connectivity index (χ4n) is 2.98. The summed E-state index contributed by atoms with van der Waals surface area (Å²) in [5.74, 6) is 1.71. The Balaban J connectivity index is 1.74. The van der Waals surface area contributed by atoms with Crippen molar-refractivity contribution >= 4 is 11.6 Å². The van der Waals surface area contributed by atoms with Crippen LogP contribution in [0, 0.1) is 0 Å². The van der Waals surface area contributed by atoms with Crippen molar-refractivity contribution in [1.29, 1.82) is 0 Å². The van der Waals surface area contributed by atoms with Crippen LogP contribution in [0.5, 0.6) is 11.5 Å². The van der Waals surface area contributed by atoms with Gasteiger partial charge in [0, 0.05) is 29.3 Å². The smallest absolute Gasteiger partial charge is 0.247 e. The summed E-state index contributed by atoms with van der Waals surface area (Å²) in [6.07, 6.45) is 0. The number of hydrogen-bond donors (Lipinski definition) is 1. The second kappa shape index (κ2) is 8.39. The largest absolute Gasteiger partial charge is 0.497 e. The number of nitrogens with one attached hydrogen (secondary N) is 1. The summed E-state index contributed by atoms with van der Waals surface area (Å²) in [7, 11) is 3.20. The molecule has 4 rings (SSSR count). The van der Waals surface area contributed by atoms with Crippen LogP contribution < -0.4 is 9.47 Å². The molecule has 0 amide bonds. The number of H-pyrrole nitrogens is 1. The summed E-state index contributed by atoms with van der Waals surface area (Å²) in [5.41, 5.74) is 4.37. The molecular weight excluding hydrogens is 364 g/mol. The van der Waals surface area contributed by atoms with Gasteiger partial charge in [0.05, 0.1) is 31.3 Å². The number of aromatic nitrogens is 2. The van der Waals surface area contributed by atoms with E-state index in [1.165, 1.54) is 0 Å². The molecule has 6 heteroatoms. The molecule has 0 saturated heterocycles. The van der Waals surface area contributed by atoms with Gasteiger partial charge in [-0.3, -0.25) is 0 Å². The number of methoxy groups -OCH3 is 2. The molecule has 0 aliphatic rings. The van der Waals surface area contributed by atoms with E-state index in [0.29, 0.717) is 23.1 Å². The Morgan fingerprint density at radius 1 is 0.724 bits per heavy atom. The zero-order valence-corrected chi connectivity index (χ0v) is 16.2. The van der Waals surface area contributed by atoms with Crippen molar-refractivity contribution in [3.63, 3.8) is 0 Å². The number of rotatable bonds is 6. The highest BCUT2D eigenvalue weighted by Gasteiger charge is 2.13.